The van der Waals surface area contributed by atoms with Crippen molar-refractivity contribution in [2.75, 3.05) is 6.61 Å². The van der Waals surface area contributed by atoms with Crippen LogP contribution >= 0.6 is 15.9 Å². The molecule has 3 rings (SSSR count). The van der Waals surface area contributed by atoms with Crippen molar-refractivity contribution in [3.63, 3.8) is 0 Å². The van der Waals surface area contributed by atoms with Gasteiger partial charge >= 0.3 is 0 Å². The third-order valence-corrected chi connectivity index (χ3v) is 4.62. The number of halogens is 2. The molecule has 0 radical (unpaired) electrons. The first-order valence-electron chi connectivity index (χ1n) is 8.05. The average molecular weight is 409 g/mol. The van der Waals surface area contributed by atoms with Gasteiger partial charge in [0.1, 0.15) is 17.1 Å². The molecule has 2 atom stereocenters. The highest BCUT2D eigenvalue weighted by Gasteiger charge is 2.25. The van der Waals surface area contributed by atoms with E-state index in [-0.39, 0.29) is 29.8 Å². The van der Waals surface area contributed by atoms with Gasteiger partial charge in [-0.1, -0.05) is 0 Å². The number of ether oxygens (including phenoxy) is 2. The fourth-order valence-electron chi connectivity index (χ4n) is 2.68. The molecule has 1 amide bonds. The van der Waals surface area contributed by atoms with Crippen LogP contribution in [0.5, 0.6) is 11.6 Å². The van der Waals surface area contributed by atoms with Crippen molar-refractivity contribution in [2.24, 2.45) is 0 Å². The Hall–Kier alpha value is -1.99. The van der Waals surface area contributed by atoms with Gasteiger partial charge in [-0.3, -0.25) is 4.79 Å². The summed E-state index contributed by atoms with van der Waals surface area (Å²) in [6, 6.07) is 7.24. The Kier molecular flexibility index (Phi) is 5.65. The topological polar surface area (TPSA) is 60.5 Å². The summed E-state index contributed by atoms with van der Waals surface area (Å²) < 4.78 is 25.0. The lowest BCUT2D eigenvalue weighted by atomic mass is 10.1. The minimum atomic E-state index is -0.386. The van der Waals surface area contributed by atoms with E-state index in [0.717, 1.165) is 19.4 Å². The van der Waals surface area contributed by atoms with Crippen LogP contribution in [0.3, 0.4) is 0 Å². The molecule has 0 spiro atoms. The smallest absolute Gasteiger partial charge is 0.257 e. The SMILES string of the molecule is C[C@H](NC(=O)c1cccnc1Oc1ccc(F)cc1Br)[C@H]1CCCO1. The maximum atomic E-state index is 13.2. The van der Waals surface area contributed by atoms with E-state index in [1.54, 1.807) is 12.1 Å². The predicted molar refractivity (Wildman–Crippen MR) is 94.3 cm³/mol. The average Bonchev–Trinajstić information content (AvgIpc) is 3.12. The Balaban J connectivity index is 1.76. The molecule has 0 bridgehead atoms. The molecule has 1 aromatic carbocycles. The zero-order valence-electron chi connectivity index (χ0n) is 13.7. The van der Waals surface area contributed by atoms with E-state index < -0.39 is 0 Å². The molecular weight excluding hydrogens is 391 g/mol. The summed E-state index contributed by atoms with van der Waals surface area (Å²) in [6.07, 6.45) is 3.49. The van der Waals surface area contributed by atoms with Crippen molar-refractivity contribution >= 4 is 21.8 Å². The molecule has 1 saturated heterocycles. The summed E-state index contributed by atoms with van der Waals surface area (Å²) in [5.41, 5.74) is 0.309. The second-order valence-electron chi connectivity index (χ2n) is 5.85. The lowest BCUT2D eigenvalue weighted by Gasteiger charge is -2.20. The van der Waals surface area contributed by atoms with E-state index in [4.69, 9.17) is 9.47 Å². The fourth-order valence-corrected chi connectivity index (χ4v) is 3.11. The molecule has 1 N–H and O–H groups in total. The Morgan fingerprint density at radius 1 is 1.48 bits per heavy atom. The number of carbonyl (C=O) groups excluding carboxylic acids is 1. The summed E-state index contributed by atoms with van der Waals surface area (Å²) in [4.78, 5) is 16.7. The molecule has 1 aliphatic rings. The van der Waals surface area contributed by atoms with Gasteiger partial charge in [0.2, 0.25) is 5.88 Å². The summed E-state index contributed by atoms with van der Waals surface area (Å²) >= 11 is 3.24. The van der Waals surface area contributed by atoms with Crippen LogP contribution in [0.15, 0.2) is 41.0 Å². The van der Waals surface area contributed by atoms with Crippen molar-refractivity contribution in [3.8, 4) is 11.6 Å². The summed E-state index contributed by atoms with van der Waals surface area (Å²) in [5, 5.41) is 2.93. The zero-order valence-corrected chi connectivity index (χ0v) is 15.3. The van der Waals surface area contributed by atoms with Crippen LogP contribution in [-0.2, 0) is 4.74 Å². The molecule has 25 heavy (non-hydrogen) atoms. The number of hydrogen-bond acceptors (Lipinski definition) is 4. The molecule has 1 aliphatic heterocycles. The Labute approximate surface area is 153 Å². The number of hydrogen-bond donors (Lipinski definition) is 1. The summed E-state index contributed by atoms with van der Waals surface area (Å²) in [6.45, 7) is 2.64. The number of amides is 1. The lowest BCUT2D eigenvalue weighted by Crippen LogP contribution is -2.40. The minimum absolute atomic E-state index is 0.0243. The normalized spacial score (nSPS) is 18.0. The van der Waals surface area contributed by atoms with Crippen LogP contribution in [0.25, 0.3) is 0 Å². The first-order valence-corrected chi connectivity index (χ1v) is 8.84. The number of rotatable bonds is 5. The molecule has 0 aliphatic carbocycles. The van der Waals surface area contributed by atoms with Crippen molar-refractivity contribution in [2.45, 2.75) is 31.9 Å². The second kappa shape index (κ2) is 7.93. The molecule has 0 unspecified atom stereocenters. The lowest BCUT2D eigenvalue weighted by molar-refractivity contribution is 0.0710. The Morgan fingerprint density at radius 3 is 3.04 bits per heavy atom. The van der Waals surface area contributed by atoms with Crippen molar-refractivity contribution in [3.05, 3.63) is 52.4 Å². The monoisotopic (exact) mass is 408 g/mol. The molecule has 1 fully saturated rings. The number of carbonyl (C=O) groups is 1. The highest BCUT2D eigenvalue weighted by molar-refractivity contribution is 9.10. The van der Waals surface area contributed by atoms with Gasteiger partial charge in [0.05, 0.1) is 16.6 Å². The van der Waals surface area contributed by atoms with Gasteiger partial charge in [0.25, 0.3) is 5.91 Å². The predicted octanol–water partition coefficient (Wildman–Crippen LogP) is 4.07. The van der Waals surface area contributed by atoms with E-state index in [1.807, 2.05) is 6.92 Å². The second-order valence-corrected chi connectivity index (χ2v) is 6.70. The van der Waals surface area contributed by atoms with Crippen molar-refractivity contribution < 1.29 is 18.7 Å². The quantitative estimate of drug-likeness (QED) is 0.809. The van der Waals surface area contributed by atoms with Gasteiger partial charge in [-0.05, 0) is 66.0 Å². The molecule has 132 valence electrons. The summed E-state index contributed by atoms with van der Waals surface area (Å²) in [7, 11) is 0. The first kappa shape index (κ1) is 17.8. The maximum Gasteiger partial charge on any atom is 0.257 e. The van der Waals surface area contributed by atoms with Crippen LogP contribution in [0, 0.1) is 5.82 Å². The largest absolute Gasteiger partial charge is 0.437 e. The number of aromatic nitrogens is 1. The first-order chi connectivity index (χ1) is 12.0. The summed E-state index contributed by atoms with van der Waals surface area (Å²) in [5.74, 6) is -0.138. The van der Waals surface area contributed by atoms with Crippen LogP contribution < -0.4 is 10.1 Å². The molecule has 7 heteroatoms. The number of pyridine rings is 1. The van der Waals surface area contributed by atoms with Gasteiger partial charge in [-0.25, -0.2) is 9.37 Å². The van der Waals surface area contributed by atoms with Gasteiger partial charge in [-0.15, -0.1) is 0 Å². The highest BCUT2D eigenvalue weighted by atomic mass is 79.9. The van der Waals surface area contributed by atoms with Gasteiger partial charge in [-0.2, -0.15) is 0 Å². The van der Waals surface area contributed by atoms with Crippen molar-refractivity contribution in [1.29, 1.82) is 0 Å². The van der Waals surface area contributed by atoms with E-state index >= 15 is 0 Å². The van der Waals surface area contributed by atoms with E-state index in [2.05, 4.69) is 26.2 Å². The van der Waals surface area contributed by atoms with Crippen LogP contribution in [-0.4, -0.2) is 29.6 Å². The third-order valence-electron chi connectivity index (χ3n) is 4.00. The number of nitrogens with zero attached hydrogens (tertiary/aromatic N) is 1. The zero-order chi connectivity index (χ0) is 17.8. The van der Waals surface area contributed by atoms with Crippen molar-refractivity contribution in [1.82, 2.24) is 10.3 Å². The van der Waals surface area contributed by atoms with Gasteiger partial charge in [0.15, 0.2) is 0 Å². The molecule has 2 heterocycles. The van der Waals surface area contributed by atoms with E-state index in [0.29, 0.717) is 15.8 Å². The maximum absolute atomic E-state index is 13.2. The van der Waals surface area contributed by atoms with Gasteiger partial charge < -0.3 is 14.8 Å². The van der Waals surface area contributed by atoms with Gasteiger partial charge in [0, 0.05) is 12.8 Å². The van der Waals surface area contributed by atoms with Crippen LogP contribution in [0.4, 0.5) is 4.39 Å². The third kappa shape index (κ3) is 4.35. The Bertz CT molecular complexity index is 766. The number of nitrogens with one attached hydrogen (secondary N) is 1. The molecule has 2 aromatic rings. The van der Waals surface area contributed by atoms with E-state index in [1.165, 1.54) is 24.4 Å². The van der Waals surface area contributed by atoms with E-state index in [9.17, 15) is 9.18 Å². The minimum Gasteiger partial charge on any atom is -0.437 e. The highest BCUT2D eigenvalue weighted by Crippen LogP contribution is 2.30. The Morgan fingerprint density at radius 2 is 2.32 bits per heavy atom. The molecule has 1 aromatic heterocycles. The molecular formula is C18H18BrFN2O3. The molecule has 5 nitrogen and oxygen atoms in total. The fraction of sp³-hybridized carbons (Fsp3) is 0.333. The standard InChI is InChI=1S/C18H18BrFN2O3/c1-11(15-5-3-9-24-15)22-17(23)13-4-2-8-21-18(13)25-16-7-6-12(20)10-14(16)19/h2,4,6-8,10-11,15H,3,5,9H2,1H3,(H,22,23)/t11-,15+/m0/s1. The van der Waals surface area contributed by atoms with Crippen LogP contribution in [0.1, 0.15) is 30.1 Å². The number of benzene rings is 1. The van der Waals surface area contributed by atoms with Crippen LogP contribution in [0.2, 0.25) is 0 Å². The molecule has 0 saturated carbocycles.